The molecule has 0 bridgehead atoms. The van der Waals surface area contributed by atoms with Gasteiger partial charge >= 0.3 is 12.2 Å². The molecule has 1 aromatic heterocycles. The predicted molar refractivity (Wildman–Crippen MR) is 46.0 cm³/mol. The Hall–Kier alpha value is -2.43. The highest BCUT2D eigenvalue weighted by molar-refractivity contribution is 5.81. The zero-order valence-electron chi connectivity index (χ0n) is 7.55. The maximum absolute atomic E-state index is 12.3. The zero-order valence-corrected chi connectivity index (χ0v) is 7.55. The number of hydrogen-bond acceptors (Lipinski definition) is 5. The predicted octanol–water partition coefficient (Wildman–Crippen LogP) is 1.61. The molecule has 0 saturated heterocycles. The van der Waals surface area contributed by atoms with E-state index in [0.717, 1.165) is 0 Å². The molecule has 0 unspecified atom stereocenters. The molecule has 0 radical (unpaired) electrons. The molecule has 0 fully saturated rings. The van der Waals surface area contributed by atoms with Gasteiger partial charge in [0, 0.05) is 11.6 Å². The smallest absolute Gasteiger partial charge is 0.358 e. The van der Waals surface area contributed by atoms with Crippen LogP contribution in [0, 0.1) is 21.4 Å². The lowest BCUT2D eigenvalue weighted by Gasteiger charge is -2.00. The van der Waals surface area contributed by atoms with Crippen molar-refractivity contribution in [1.29, 1.82) is 5.26 Å². The highest BCUT2D eigenvalue weighted by Gasteiger charge is 2.26. The largest absolute Gasteiger partial charge is 0.382 e. The minimum atomic E-state index is -3.05. The Morgan fingerprint density at radius 2 is 2.25 bits per heavy atom. The molecule has 0 aliphatic rings. The minimum Gasteiger partial charge on any atom is -0.358 e. The third-order valence-corrected chi connectivity index (χ3v) is 1.69. The quantitative estimate of drug-likeness (QED) is 0.443. The van der Waals surface area contributed by atoms with Gasteiger partial charge in [0.15, 0.2) is 11.8 Å². The highest BCUT2D eigenvalue weighted by Crippen LogP contribution is 2.24. The van der Waals surface area contributed by atoms with Gasteiger partial charge in [0.25, 0.3) is 0 Å². The number of hydrogen-bond donors (Lipinski definition) is 0. The van der Waals surface area contributed by atoms with Crippen LogP contribution >= 0.6 is 0 Å². The molecule has 16 heavy (non-hydrogen) atoms. The number of aromatic nitrogens is 1. The van der Waals surface area contributed by atoms with Crippen molar-refractivity contribution in [2.24, 2.45) is 0 Å². The topological polar surface area (TPSA) is 96.9 Å². The SMILES string of the molecule is N#Cc1c(C=O)cc(C(F)F)nc1[N+](=O)[O-]. The average molecular weight is 227 g/mol. The Labute approximate surface area is 87.3 Å². The molecule has 1 rings (SSSR count). The number of nitro groups is 1. The Morgan fingerprint density at radius 3 is 2.62 bits per heavy atom. The number of rotatable bonds is 3. The van der Waals surface area contributed by atoms with E-state index in [9.17, 15) is 23.7 Å². The van der Waals surface area contributed by atoms with Crippen molar-refractivity contribution < 1.29 is 18.5 Å². The van der Waals surface area contributed by atoms with Gasteiger partial charge in [-0.05, 0) is 9.91 Å². The van der Waals surface area contributed by atoms with Gasteiger partial charge in [-0.3, -0.25) is 4.79 Å². The molecule has 0 N–H and O–H groups in total. The van der Waals surface area contributed by atoms with E-state index in [1.165, 1.54) is 6.07 Å². The van der Waals surface area contributed by atoms with E-state index in [1.54, 1.807) is 0 Å². The Bertz CT molecular complexity index is 496. The minimum absolute atomic E-state index is 0.0963. The van der Waals surface area contributed by atoms with Crippen LogP contribution in [0.25, 0.3) is 0 Å². The van der Waals surface area contributed by atoms with Crippen molar-refractivity contribution in [3.8, 4) is 6.07 Å². The summed E-state index contributed by atoms with van der Waals surface area (Å²) >= 11 is 0. The molecular formula is C8H3F2N3O3. The Kier molecular flexibility index (Phi) is 3.20. The second kappa shape index (κ2) is 4.39. The van der Waals surface area contributed by atoms with E-state index in [0.29, 0.717) is 6.07 Å². The number of carbonyl (C=O) groups excluding carboxylic acids is 1. The van der Waals surface area contributed by atoms with Crippen LogP contribution in [0.1, 0.15) is 28.0 Å². The fraction of sp³-hybridized carbons (Fsp3) is 0.125. The van der Waals surface area contributed by atoms with Crippen LogP contribution < -0.4 is 0 Å². The van der Waals surface area contributed by atoms with Gasteiger partial charge in [0.2, 0.25) is 5.69 Å². The van der Waals surface area contributed by atoms with E-state index in [2.05, 4.69) is 4.98 Å². The molecule has 1 aromatic rings. The van der Waals surface area contributed by atoms with Crippen LogP contribution in [0.4, 0.5) is 14.6 Å². The lowest BCUT2D eigenvalue weighted by atomic mass is 10.1. The summed E-state index contributed by atoms with van der Waals surface area (Å²) < 4.78 is 24.6. The lowest BCUT2D eigenvalue weighted by molar-refractivity contribution is -0.390. The van der Waals surface area contributed by atoms with Gasteiger partial charge in [-0.15, -0.1) is 0 Å². The third kappa shape index (κ3) is 1.98. The number of carbonyl (C=O) groups is 1. The van der Waals surface area contributed by atoms with Gasteiger partial charge in [-0.25, -0.2) is 8.78 Å². The van der Waals surface area contributed by atoms with E-state index in [1.807, 2.05) is 0 Å². The average Bonchev–Trinajstić information content (AvgIpc) is 2.26. The van der Waals surface area contributed by atoms with Crippen LogP contribution in [0.3, 0.4) is 0 Å². The summed E-state index contributed by atoms with van der Waals surface area (Å²) in [7, 11) is 0. The first kappa shape index (κ1) is 11.6. The summed E-state index contributed by atoms with van der Waals surface area (Å²) in [5.74, 6) is -1.04. The summed E-state index contributed by atoms with van der Waals surface area (Å²) in [4.78, 5) is 22.9. The van der Waals surface area contributed by atoms with Crippen molar-refractivity contribution in [2.75, 3.05) is 0 Å². The summed E-state index contributed by atoms with van der Waals surface area (Å²) in [5.41, 5.74) is -2.00. The van der Waals surface area contributed by atoms with Crippen LogP contribution in [-0.2, 0) is 0 Å². The molecule has 0 saturated carbocycles. The standard InChI is InChI=1S/C8H3F2N3O3/c9-7(10)6-1-4(3-14)5(2-11)8(12-6)13(15)16/h1,3,7H. The molecule has 0 aliphatic carbocycles. The van der Waals surface area contributed by atoms with E-state index in [4.69, 9.17) is 5.26 Å². The van der Waals surface area contributed by atoms with Gasteiger partial charge in [0.1, 0.15) is 6.07 Å². The molecule has 0 aliphatic heterocycles. The van der Waals surface area contributed by atoms with Crippen LogP contribution in [0.15, 0.2) is 6.07 Å². The fourth-order valence-corrected chi connectivity index (χ4v) is 1.02. The molecule has 0 aromatic carbocycles. The maximum Gasteiger partial charge on any atom is 0.382 e. The second-order valence-corrected chi connectivity index (χ2v) is 2.62. The second-order valence-electron chi connectivity index (χ2n) is 2.62. The van der Waals surface area contributed by atoms with Crippen molar-refractivity contribution in [3.63, 3.8) is 0 Å². The number of halogens is 2. The summed E-state index contributed by atoms with van der Waals surface area (Å²) in [5, 5.41) is 19.0. The monoisotopic (exact) mass is 227 g/mol. The maximum atomic E-state index is 12.3. The third-order valence-electron chi connectivity index (χ3n) is 1.69. The van der Waals surface area contributed by atoms with E-state index in [-0.39, 0.29) is 6.29 Å². The van der Waals surface area contributed by atoms with Gasteiger partial charge in [0.05, 0.1) is 0 Å². The van der Waals surface area contributed by atoms with Crippen molar-refractivity contribution in [1.82, 2.24) is 4.98 Å². The zero-order chi connectivity index (χ0) is 12.3. The first-order valence-electron chi connectivity index (χ1n) is 3.84. The van der Waals surface area contributed by atoms with Gasteiger partial charge < -0.3 is 10.1 Å². The summed E-state index contributed by atoms with van der Waals surface area (Å²) in [6, 6.07) is 2.04. The summed E-state index contributed by atoms with van der Waals surface area (Å²) in [6.45, 7) is 0. The highest BCUT2D eigenvalue weighted by atomic mass is 19.3. The molecule has 8 heteroatoms. The first-order chi connectivity index (χ1) is 7.51. The number of alkyl halides is 2. The van der Waals surface area contributed by atoms with Crippen LogP contribution in [-0.4, -0.2) is 16.2 Å². The van der Waals surface area contributed by atoms with E-state index < -0.39 is 34.0 Å². The van der Waals surface area contributed by atoms with Gasteiger partial charge in [-0.2, -0.15) is 5.26 Å². The molecule has 0 amide bonds. The first-order valence-corrected chi connectivity index (χ1v) is 3.84. The Morgan fingerprint density at radius 1 is 1.62 bits per heavy atom. The molecule has 1 heterocycles. The van der Waals surface area contributed by atoms with Crippen LogP contribution in [0.2, 0.25) is 0 Å². The normalized spacial score (nSPS) is 9.88. The molecular weight excluding hydrogens is 224 g/mol. The van der Waals surface area contributed by atoms with Crippen molar-refractivity contribution in [2.45, 2.75) is 6.43 Å². The number of nitrogens with zero attached hydrogens (tertiary/aromatic N) is 3. The number of aldehydes is 1. The van der Waals surface area contributed by atoms with E-state index >= 15 is 0 Å². The van der Waals surface area contributed by atoms with Crippen molar-refractivity contribution >= 4 is 12.1 Å². The van der Waals surface area contributed by atoms with Crippen LogP contribution in [0.5, 0.6) is 0 Å². The van der Waals surface area contributed by atoms with Crippen molar-refractivity contribution in [3.05, 3.63) is 33.0 Å². The fourth-order valence-electron chi connectivity index (χ4n) is 1.02. The Balaban J connectivity index is 3.57. The molecule has 0 atom stereocenters. The number of pyridine rings is 1. The molecule has 0 spiro atoms. The van der Waals surface area contributed by atoms with Gasteiger partial charge in [-0.1, -0.05) is 0 Å². The molecule has 82 valence electrons. The lowest BCUT2D eigenvalue weighted by Crippen LogP contribution is -2.04. The summed E-state index contributed by atoms with van der Waals surface area (Å²) in [6.07, 6.45) is -2.95. The number of nitriles is 1. The molecule has 6 nitrogen and oxygen atoms in total.